The smallest absolute Gasteiger partial charge is 0.276 e. The summed E-state index contributed by atoms with van der Waals surface area (Å²) < 4.78 is 28.8. The number of allylic oxidation sites excluding steroid dienone is 2. The Morgan fingerprint density at radius 1 is 0.774 bits per heavy atom. The number of rotatable bonds is 19. The predicted molar refractivity (Wildman–Crippen MR) is 226 cm³/mol. The molecule has 62 heavy (non-hydrogen) atoms. The second-order valence-electron chi connectivity index (χ2n) is 14.0. The SMILES string of the molecule is CCn1nc(OC)cc1C(=O)Nc1nc2cc(C(N)=O)cnc2n1C/C=C/Cn1c(NC(=O)c2cc(OC)nn2CC)nc2cc(C(N)=O)cc(OCCCN3CCOCC3)c21. The molecular formula is C40H48N14O8. The van der Waals surface area contributed by atoms with Gasteiger partial charge < -0.3 is 35.0 Å². The van der Waals surface area contributed by atoms with Gasteiger partial charge in [0.05, 0.1) is 45.1 Å². The molecule has 0 aliphatic carbocycles. The molecule has 1 aliphatic rings. The summed E-state index contributed by atoms with van der Waals surface area (Å²) in [6.45, 7) is 8.92. The number of ether oxygens (including phenoxy) is 4. The molecule has 0 saturated carbocycles. The first kappa shape index (κ1) is 42.8. The number of carbonyl (C=O) groups excluding carboxylic acids is 4. The minimum Gasteiger partial charge on any atom is -0.491 e. The molecule has 0 radical (unpaired) electrons. The molecule has 5 aromatic heterocycles. The molecule has 1 fully saturated rings. The number of morpholine rings is 1. The Morgan fingerprint density at radius 2 is 1.34 bits per heavy atom. The fourth-order valence-electron chi connectivity index (χ4n) is 6.99. The van der Waals surface area contributed by atoms with Crippen LogP contribution in [0.1, 0.15) is 62.0 Å². The highest BCUT2D eigenvalue weighted by Crippen LogP contribution is 2.32. The lowest BCUT2D eigenvalue weighted by Crippen LogP contribution is -2.37. The Balaban J connectivity index is 1.23. The first-order valence-electron chi connectivity index (χ1n) is 20.0. The van der Waals surface area contributed by atoms with Gasteiger partial charge in [-0.25, -0.2) is 15.0 Å². The van der Waals surface area contributed by atoms with E-state index in [0.29, 0.717) is 67.3 Å². The molecule has 1 saturated heterocycles. The van der Waals surface area contributed by atoms with Crippen LogP contribution < -0.4 is 36.3 Å². The van der Waals surface area contributed by atoms with Gasteiger partial charge in [-0.15, -0.1) is 10.2 Å². The highest BCUT2D eigenvalue weighted by Gasteiger charge is 2.24. The van der Waals surface area contributed by atoms with Crippen LogP contribution in [0.25, 0.3) is 22.2 Å². The number of nitrogens with one attached hydrogen (secondary N) is 2. The molecule has 4 amide bonds. The van der Waals surface area contributed by atoms with Crippen LogP contribution in [-0.4, -0.2) is 126 Å². The molecule has 22 heteroatoms. The molecule has 326 valence electrons. The van der Waals surface area contributed by atoms with E-state index in [9.17, 15) is 19.2 Å². The minimum atomic E-state index is -0.685. The van der Waals surface area contributed by atoms with E-state index < -0.39 is 23.6 Å². The lowest BCUT2D eigenvalue weighted by atomic mass is 10.1. The van der Waals surface area contributed by atoms with Crippen molar-refractivity contribution >= 4 is 57.7 Å². The summed E-state index contributed by atoms with van der Waals surface area (Å²) in [4.78, 5) is 68.1. The van der Waals surface area contributed by atoms with Crippen molar-refractivity contribution in [1.29, 1.82) is 0 Å². The zero-order valence-electron chi connectivity index (χ0n) is 34.8. The molecule has 0 bridgehead atoms. The number of anilines is 2. The summed E-state index contributed by atoms with van der Waals surface area (Å²) in [5.74, 6) is -1.17. The van der Waals surface area contributed by atoms with E-state index in [4.69, 9.17) is 35.4 Å². The number of amides is 4. The van der Waals surface area contributed by atoms with E-state index in [1.807, 2.05) is 26.0 Å². The van der Waals surface area contributed by atoms with Crippen LogP contribution in [0, 0.1) is 0 Å². The Bertz CT molecular complexity index is 2650. The number of pyridine rings is 1. The van der Waals surface area contributed by atoms with Gasteiger partial charge in [-0.3, -0.25) is 48.6 Å². The standard InChI is InChI=1S/C40H48N14O8/c1-5-53-28(21-31(48-53)59-3)37(57)46-39-44-26-18-24(34(41)55)20-30(62-15-9-10-50-13-16-61-17-14-50)33(26)51(39)11-7-8-12-52-36-27(19-25(23-43-36)35(42)56)45-40(52)47-38(58)29-22-32(60-4)49-54(29)6-2/h7-8,18-23H,5-6,9-17H2,1-4H3,(H2,41,55)(H2,42,56)(H,44,46,57)(H,45,47,58)/b8-7+. The average molecular weight is 853 g/mol. The fraction of sp³-hybridized carbons (Fsp3) is 0.375. The summed E-state index contributed by atoms with van der Waals surface area (Å²) in [5.41, 5.74) is 13.7. The third-order valence-electron chi connectivity index (χ3n) is 10.1. The molecule has 22 nitrogen and oxygen atoms in total. The number of hydrogen-bond donors (Lipinski definition) is 4. The first-order chi connectivity index (χ1) is 30.0. The quantitative estimate of drug-likeness (QED) is 0.0673. The van der Waals surface area contributed by atoms with Crippen LogP contribution >= 0.6 is 0 Å². The second kappa shape index (κ2) is 18.9. The predicted octanol–water partition coefficient (Wildman–Crippen LogP) is 2.29. The number of primary amides is 2. The van der Waals surface area contributed by atoms with Crippen molar-refractivity contribution in [2.75, 3.05) is 64.3 Å². The molecule has 0 spiro atoms. The molecule has 1 aliphatic heterocycles. The maximum atomic E-state index is 13.8. The number of methoxy groups -OCH3 is 2. The molecule has 6 aromatic rings. The molecule has 0 unspecified atom stereocenters. The summed E-state index contributed by atoms with van der Waals surface area (Å²) in [5, 5.41) is 14.4. The van der Waals surface area contributed by atoms with Crippen molar-refractivity contribution in [3.8, 4) is 17.5 Å². The Labute approximate surface area is 354 Å². The van der Waals surface area contributed by atoms with Gasteiger partial charge in [0.15, 0.2) is 5.65 Å². The lowest BCUT2D eigenvalue weighted by molar-refractivity contribution is 0.0358. The van der Waals surface area contributed by atoms with Crippen LogP contribution in [0.3, 0.4) is 0 Å². The number of aryl methyl sites for hydroxylation is 2. The third-order valence-corrected chi connectivity index (χ3v) is 10.1. The van der Waals surface area contributed by atoms with Crippen LogP contribution in [0.4, 0.5) is 11.9 Å². The Hall–Kier alpha value is -7.33. The molecule has 7 rings (SSSR count). The molecule has 6 N–H and O–H groups in total. The number of carbonyl (C=O) groups is 4. The van der Waals surface area contributed by atoms with Gasteiger partial charge in [0, 0.05) is 69.7 Å². The summed E-state index contributed by atoms with van der Waals surface area (Å²) in [7, 11) is 2.92. The van der Waals surface area contributed by atoms with Gasteiger partial charge in [0.2, 0.25) is 35.5 Å². The van der Waals surface area contributed by atoms with Gasteiger partial charge in [-0.05, 0) is 38.5 Å². The van der Waals surface area contributed by atoms with Gasteiger partial charge in [-0.2, -0.15) is 0 Å². The van der Waals surface area contributed by atoms with Crippen molar-refractivity contribution in [2.45, 2.75) is 46.4 Å². The number of nitrogens with two attached hydrogens (primary N) is 2. The average Bonchev–Trinajstić information content (AvgIpc) is 4.06. The number of benzene rings is 1. The number of nitrogens with zero attached hydrogens (tertiary/aromatic N) is 10. The van der Waals surface area contributed by atoms with E-state index >= 15 is 0 Å². The van der Waals surface area contributed by atoms with Gasteiger partial charge in [0.25, 0.3) is 11.8 Å². The van der Waals surface area contributed by atoms with Crippen molar-refractivity contribution in [3.05, 3.63) is 71.2 Å². The monoisotopic (exact) mass is 852 g/mol. The number of aromatic nitrogens is 9. The Kier molecular flexibility index (Phi) is 13.1. The summed E-state index contributed by atoms with van der Waals surface area (Å²) >= 11 is 0. The van der Waals surface area contributed by atoms with E-state index in [0.717, 1.165) is 19.6 Å². The first-order valence-corrected chi connectivity index (χ1v) is 20.0. The molecule has 1 aromatic carbocycles. The van der Waals surface area contributed by atoms with E-state index in [-0.39, 0.29) is 59.3 Å². The minimum absolute atomic E-state index is 0.141. The largest absolute Gasteiger partial charge is 0.491 e. The van der Waals surface area contributed by atoms with Gasteiger partial charge >= 0.3 is 0 Å². The topological polar surface area (TPSA) is 269 Å². The van der Waals surface area contributed by atoms with E-state index in [1.165, 1.54) is 48.0 Å². The second-order valence-corrected chi connectivity index (χ2v) is 14.0. The van der Waals surface area contributed by atoms with Crippen LogP contribution in [0.5, 0.6) is 17.5 Å². The maximum absolute atomic E-state index is 13.8. The third kappa shape index (κ3) is 9.19. The lowest BCUT2D eigenvalue weighted by Gasteiger charge is -2.26. The summed E-state index contributed by atoms with van der Waals surface area (Å²) in [6.07, 6.45) is 5.68. The molecule has 6 heterocycles. The fourth-order valence-corrected chi connectivity index (χ4v) is 6.99. The van der Waals surface area contributed by atoms with Gasteiger partial charge in [-0.1, -0.05) is 12.2 Å². The van der Waals surface area contributed by atoms with Crippen LogP contribution in [-0.2, 0) is 30.9 Å². The van der Waals surface area contributed by atoms with E-state index in [2.05, 4.69) is 35.7 Å². The zero-order chi connectivity index (χ0) is 43.9. The normalized spacial score (nSPS) is 13.2. The number of fused-ring (bicyclic) bond motifs is 2. The molecule has 0 atom stereocenters. The maximum Gasteiger partial charge on any atom is 0.276 e. The highest BCUT2D eigenvalue weighted by atomic mass is 16.5. The van der Waals surface area contributed by atoms with E-state index in [1.54, 1.807) is 21.3 Å². The molecular weight excluding hydrogens is 805 g/mol. The number of imidazole rings is 2. The summed E-state index contributed by atoms with van der Waals surface area (Å²) in [6, 6.07) is 7.66. The zero-order valence-corrected chi connectivity index (χ0v) is 34.8. The van der Waals surface area contributed by atoms with Crippen molar-refractivity contribution in [3.63, 3.8) is 0 Å². The van der Waals surface area contributed by atoms with Crippen molar-refractivity contribution in [1.82, 2.24) is 48.5 Å². The van der Waals surface area contributed by atoms with Crippen LogP contribution in [0.15, 0.2) is 48.7 Å². The van der Waals surface area contributed by atoms with Gasteiger partial charge in [0.1, 0.15) is 28.2 Å². The van der Waals surface area contributed by atoms with Crippen molar-refractivity contribution < 1.29 is 38.1 Å². The van der Waals surface area contributed by atoms with Crippen LogP contribution in [0.2, 0.25) is 0 Å². The Morgan fingerprint density at radius 3 is 1.92 bits per heavy atom. The highest BCUT2D eigenvalue weighted by molar-refractivity contribution is 6.05. The van der Waals surface area contributed by atoms with Crippen molar-refractivity contribution in [2.24, 2.45) is 11.5 Å². The number of hydrogen-bond acceptors (Lipinski definition) is 14.